The average Bonchev–Trinajstić information content (AvgIpc) is 2.03. The Balaban J connectivity index is 2.13. The van der Waals surface area contributed by atoms with Gasteiger partial charge >= 0.3 is 0 Å². The van der Waals surface area contributed by atoms with Gasteiger partial charge < -0.3 is 11.1 Å². The van der Waals surface area contributed by atoms with Gasteiger partial charge in [0.05, 0.1) is 0 Å². The van der Waals surface area contributed by atoms with E-state index in [1.54, 1.807) is 17.8 Å². The van der Waals surface area contributed by atoms with Crippen molar-refractivity contribution in [2.75, 3.05) is 18.8 Å². The van der Waals surface area contributed by atoms with Crippen molar-refractivity contribution >= 4 is 17.4 Å². The second-order valence-electron chi connectivity index (χ2n) is 3.08. The molecule has 3 N–H and O–H groups in total. The Labute approximate surface area is 80.7 Å². The van der Waals surface area contributed by atoms with Crippen LogP contribution in [0.4, 0.5) is 10.1 Å². The van der Waals surface area contributed by atoms with Crippen LogP contribution >= 0.6 is 11.8 Å². The minimum Gasteiger partial charge on any atom is -0.398 e. The van der Waals surface area contributed by atoms with Crippen LogP contribution in [0.3, 0.4) is 0 Å². The third-order valence-corrected chi connectivity index (χ3v) is 3.29. The Morgan fingerprint density at radius 3 is 2.85 bits per heavy atom. The Morgan fingerprint density at radius 2 is 2.23 bits per heavy atom. The molecule has 1 aromatic rings. The number of thioether (sulfide) groups is 1. The highest BCUT2D eigenvalue weighted by atomic mass is 32.2. The van der Waals surface area contributed by atoms with Crippen LogP contribution in [0.15, 0.2) is 23.1 Å². The number of nitrogen functional groups attached to an aromatic ring is 1. The predicted octanol–water partition coefficient (Wildman–Crippen LogP) is 1.47. The summed E-state index contributed by atoms with van der Waals surface area (Å²) in [6.45, 7) is 1.97. The van der Waals surface area contributed by atoms with E-state index in [0.29, 0.717) is 10.9 Å². The molecule has 0 aliphatic carbocycles. The molecule has 1 fully saturated rings. The fourth-order valence-electron chi connectivity index (χ4n) is 1.14. The van der Waals surface area contributed by atoms with Crippen LogP contribution in [0.2, 0.25) is 0 Å². The molecular weight excluding hydrogens is 187 g/mol. The van der Waals surface area contributed by atoms with Crippen LogP contribution in [0, 0.1) is 5.82 Å². The SMILES string of the molecule is Nc1ccc(F)cc1SC1CNC1. The number of anilines is 1. The molecule has 2 rings (SSSR count). The molecule has 0 unspecified atom stereocenters. The van der Waals surface area contributed by atoms with E-state index >= 15 is 0 Å². The molecular formula is C9H11FN2S. The topological polar surface area (TPSA) is 38.0 Å². The van der Waals surface area contributed by atoms with Gasteiger partial charge in [-0.25, -0.2) is 4.39 Å². The highest BCUT2D eigenvalue weighted by molar-refractivity contribution is 8.00. The highest BCUT2D eigenvalue weighted by Gasteiger charge is 2.18. The maximum absolute atomic E-state index is 12.8. The molecule has 13 heavy (non-hydrogen) atoms. The van der Waals surface area contributed by atoms with Crippen LogP contribution in [-0.2, 0) is 0 Å². The van der Waals surface area contributed by atoms with Crippen molar-refractivity contribution < 1.29 is 4.39 Å². The first-order valence-corrected chi connectivity index (χ1v) is 5.06. The van der Waals surface area contributed by atoms with Crippen LogP contribution < -0.4 is 11.1 Å². The van der Waals surface area contributed by atoms with Crippen molar-refractivity contribution in [1.29, 1.82) is 0 Å². The van der Waals surface area contributed by atoms with E-state index in [4.69, 9.17) is 5.73 Å². The number of halogens is 1. The van der Waals surface area contributed by atoms with Crippen LogP contribution in [-0.4, -0.2) is 18.3 Å². The monoisotopic (exact) mass is 198 g/mol. The number of nitrogens with two attached hydrogens (primary N) is 1. The standard InChI is InChI=1S/C9H11FN2S/c10-6-1-2-8(11)9(3-6)13-7-4-12-5-7/h1-3,7,12H,4-5,11H2. The van der Waals surface area contributed by atoms with Gasteiger partial charge in [0.2, 0.25) is 0 Å². The van der Waals surface area contributed by atoms with E-state index in [-0.39, 0.29) is 5.82 Å². The third-order valence-electron chi connectivity index (χ3n) is 2.01. The summed E-state index contributed by atoms with van der Waals surface area (Å²) < 4.78 is 12.8. The molecule has 1 aliphatic heterocycles. The fraction of sp³-hybridized carbons (Fsp3) is 0.333. The zero-order valence-corrected chi connectivity index (χ0v) is 7.90. The van der Waals surface area contributed by atoms with Crippen molar-refractivity contribution in [2.45, 2.75) is 10.1 Å². The summed E-state index contributed by atoms with van der Waals surface area (Å²) in [7, 11) is 0. The van der Waals surface area contributed by atoms with E-state index in [2.05, 4.69) is 5.32 Å². The lowest BCUT2D eigenvalue weighted by Gasteiger charge is -2.26. The van der Waals surface area contributed by atoms with Gasteiger partial charge in [-0.3, -0.25) is 0 Å². The quantitative estimate of drug-likeness (QED) is 0.707. The summed E-state index contributed by atoms with van der Waals surface area (Å²) in [4.78, 5) is 0.853. The number of benzene rings is 1. The Kier molecular flexibility index (Phi) is 2.42. The molecule has 0 spiro atoms. The number of hydrogen-bond acceptors (Lipinski definition) is 3. The molecule has 0 bridgehead atoms. The van der Waals surface area contributed by atoms with E-state index < -0.39 is 0 Å². The van der Waals surface area contributed by atoms with Crippen molar-refractivity contribution in [3.05, 3.63) is 24.0 Å². The molecule has 0 saturated carbocycles. The lowest BCUT2D eigenvalue weighted by molar-refractivity contribution is 0.543. The normalized spacial score (nSPS) is 17.0. The number of rotatable bonds is 2. The fourth-order valence-corrected chi connectivity index (χ4v) is 2.28. The first-order chi connectivity index (χ1) is 6.25. The Bertz CT molecular complexity index is 312. The molecule has 0 radical (unpaired) electrons. The summed E-state index contributed by atoms with van der Waals surface area (Å²) >= 11 is 1.64. The first-order valence-electron chi connectivity index (χ1n) is 4.18. The highest BCUT2D eigenvalue weighted by Crippen LogP contribution is 2.30. The van der Waals surface area contributed by atoms with E-state index in [0.717, 1.165) is 18.0 Å². The molecule has 0 amide bonds. The summed E-state index contributed by atoms with van der Waals surface area (Å²) in [5, 5.41) is 3.71. The Hall–Kier alpha value is -0.740. The largest absolute Gasteiger partial charge is 0.398 e. The number of nitrogens with one attached hydrogen (secondary N) is 1. The van der Waals surface area contributed by atoms with Gasteiger partial charge in [0, 0.05) is 28.9 Å². The molecule has 4 heteroatoms. The van der Waals surface area contributed by atoms with Gasteiger partial charge in [0.1, 0.15) is 5.82 Å². The van der Waals surface area contributed by atoms with E-state index in [9.17, 15) is 4.39 Å². The van der Waals surface area contributed by atoms with Gasteiger partial charge in [-0.1, -0.05) is 0 Å². The summed E-state index contributed by atoms with van der Waals surface area (Å²) in [5.41, 5.74) is 6.37. The van der Waals surface area contributed by atoms with Gasteiger partial charge in [0.15, 0.2) is 0 Å². The van der Waals surface area contributed by atoms with Crippen molar-refractivity contribution in [2.24, 2.45) is 0 Å². The molecule has 1 aromatic carbocycles. The number of hydrogen-bond donors (Lipinski definition) is 2. The molecule has 70 valence electrons. The zero-order chi connectivity index (χ0) is 9.26. The smallest absolute Gasteiger partial charge is 0.124 e. The van der Waals surface area contributed by atoms with E-state index in [1.807, 2.05) is 0 Å². The van der Waals surface area contributed by atoms with Crippen molar-refractivity contribution in [3.63, 3.8) is 0 Å². The van der Waals surface area contributed by atoms with Gasteiger partial charge in [-0.2, -0.15) is 0 Å². The molecule has 2 nitrogen and oxygen atoms in total. The lowest BCUT2D eigenvalue weighted by atomic mass is 10.3. The van der Waals surface area contributed by atoms with Gasteiger partial charge in [-0.15, -0.1) is 11.8 Å². The second kappa shape index (κ2) is 3.55. The van der Waals surface area contributed by atoms with Crippen LogP contribution in [0.5, 0.6) is 0 Å². The van der Waals surface area contributed by atoms with Gasteiger partial charge in [-0.05, 0) is 18.2 Å². The second-order valence-corrected chi connectivity index (χ2v) is 4.42. The van der Waals surface area contributed by atoms with Crippen molar-refractivity contribution in [1.82, 2.24) is 5.32 Å². The summed E-state index contributed by atoms with van der Waals surface area (Å²) in [5.74, 6) is -0.219. The third kappa shape index (κ3) is 1.95. The summed E-state index contributed by atoms with van der Waals surface area (Å²) in [6.07, 6.45) is 0. The van der Waals surface area contributed by atoms with Crippen LogP contribution in [0.1, 0.15) is 0 Å². The molecule has 1 aliphatic rings. The maximum atomic E-state index is 12.8. The first kappa shape index (κ1) is 8.84. The molecule has 1 saturated heterocycles. The zero-order valence-electron chi connectivity index (χ0n) is 7.09. The maximum Gasteiger partial charge on any atom is 0.124 e. The molecule has 0 atom stereocenters. The lowest BCUT2D eigenvalue weighted by Crippen LogP contribution is -2.44. The molecule has 0 aromatic heterocycles. The van der Waals surface area contributed by atoms with E-state index in [1.165, 1.54) is 12.1 Å². The minimum absolute atomic E-state index is 0.219. The minimum atomic E-state index is -0.219. The average molecular weight is 198 g/mol. The van der Waals surface area contributed by atoms with Crippen molar-refractivity contribution in [3.8, 4) is 0 Å². The molecule has 1 heterocycles. The van der Waals surface area contributed by atoms with Crippen LogP contribution in [0.25, 0.3) is 0 Å². The Morgan fingerprint density at radius 1 is 1.46 bits per heavy atom. The van der Waals surface area contributed by atoms with Gasteiger partial charge in [0.25, 0.3) is 0 Å². The predicted molar refractivity (Wildman–Crippen MR) is 53.3 cm³/mol. The summed E-state index contributed by atoms with van der Waals surface area (Å²) in [6, 6.07) is 4.50.